The van der Waals surface area contributed by atoms with E-state index in [0.29, 0.717) is 69.2 Å². The number of hydrogen-bond donors (Lipinski definition) is 3. The molecule has 0 spiro atoms. The highest BCUT2D eigenvalue weighted by molar-refractivity contribution is 5.88. The number of aromatic nitrogens is 4. The van der Waals surface area contributed by atoms with Crippen LogP contribution in [0, 0.1) is 6.92 Å². The first kappa shape index (κ1) is 31.7. The third-order valence-electron chi connectivity index (χ3n) is 8.86. The number of alkyl halides is 2. The number of benzene rings is 4. The number of hydrogen-bond acceptors (Lipinski definition) is 5. The number of ether oxygens (including phenoxy) is 1. The fourth-order valence-corrected chi connectivity index (χ4v) is 6.46. The predicted octanol–water partition coefficient (Wildman–Crippen LogP) is 7.88. The van der Waals surface area contributed by atoms with Crippen molar-refractivity contribution in [2.45, 2.75) is 38.8 Å². The molecule has 1 aliphatic carbocycles. The van der Waals surface area contributed by atoms with Gasteiger partial charge in [0.15, 0.2) is 0 Å². The first-order valence-electron chi connectivity index (χ1n) is 16.0. The summed E-state index contributed by atoms with van der Waals surface area (Å²) in [7, 11) is 1.25. The van der Waals surface area contributed by atoms with Gasteiger partial charge in [0.05, 0.1) is 36.6 Å². The number of halogens is 2. The summed E-state index contributed by atoms with van der Waals surface area (Å²) in [6.07, 6.45) is 1.62. The Kier molecular flexibility index (Phi) is 8.19. The normalized spacial score (nSPS) is 13.5. The van der Waals surface area contributed by atoms with Crippen molar-refractivity contribution in [1.82, 2.24) is 30.2 Å². The molecule has 1 aliphatic rings. The number of H-pyrrole nitrogens is 2. The van der Waals surface area contributed by atoms with Crippen molar-refractivity contribution < 1.29 is 23.1 Å². The van der Waals surface area contributed by atoms with Gasteiger partial charge in [-0.15, -0.1) is 0 Å². The van der Waals surface area contributed by atoms with Crippen molar-refractivity contribution in [3.8, 4) is 33.5 Å². The molecule has 4 aromatic carbocycles. The second-order valence-electron chi connectivity index (χ2n) is 12.1. The van der Waals surface area contributed by atoms with E-state index in [2.05, 4.69) is 20.3 Å². The average molecular weight is 661 g/mol. The van der Waals surface area contributed by atoms with Gasteiger partial charge in [-0.05, 0) is 65.4 Å². The molecule has 0 saturated carbocycles. The Labute approximate surface area is 281 Å². The molecule has 11 heteroatoms. The SMILES string of the molecule is CCCN(Cc1nc2ccc(-c3ccc4c(c3)C(F)(F)c3cc(-c5cnc(C)[nH]5)ccc3-4)cc2[nH]1)C(=O)[C@H](NC(=O)OC)c1ccccc1. The van der Waals surface area contributed by atoms with Gasteiger partial charge in [-0.1, -0.05) is 67.6 Å². The summed E-state index contributed by atoms with van der Waals surface area (Å²) in [6.45, 7) is 4.39. The van der Waals surface area contributed by atoms with E-state index in [-0.39, 0.29) is 23.6 Å². The Morgan fingerprint density at radius 2 is 1.59 bits per heavy atom. The molecule has 9 nitrogen and oxygen atoms in total. The lowest BCUT2D eigenvalue weighted by Gasteiger charge is -2.27. The van der Waals surface area contributed by atoms with Crippen LogP contribution in [0.4, 0.5) is 13.6 Å². The Bertz CT molecular complexity index is 2190. The minimum absolute atomic E-state index is 0.0273. The summed E-state index contributed by atoms with van der Waals surface area (Å²) in [5, 5.41) is 2.66. The van der Waals surface area contributed by atoms with Crippen molar-refractivity contribution in [2.75, 3.05) is 13.7 Å². The Balaban J connectivity index is 1.15. The largest absolute Gasteiger partial charge is 0.453 e. The van der Waals surface area contributed by atoms with Crippen molar-refractivity contribution in [3.63, 3.8) is 0 Å². The topological polar surface area (TPSA) is 116 Å². The number of alkyl carbamates (subject to hydrolysis) is 1. The van der Waals surface area contributed by atoms with Gasteiger partial charge in [-0.2, -0.15) is 8.78 Å². The fraction of sp³-hybridized carbons (Fsp3) is 0.211. The van der Waals surface area contributed by atoms with Gasteiger partial charge in [0.2, 0.25) is 5.91 Å². The van der Waals surface area contributed by atoms with E-state index in [9.17, 15) is 9.59 Å². The molecule has 0 radical (unpaired) electrons. The number of aromatic amines is 2. The molecule has 0 fully saturated rings. The maximum absolute atomic E-state index is 16.0. The second-order valence-corrected chi connectivity index (χ2v) is 12.1. The van der Waals surface area contributed by atoms with Crippen molar-refractivity contribution in [2.24, 2.45) is 0 Å². The van der Waals surface area contributed by atoms with E-state index in [1.165, 1.54) is 7.11 Å². The zero-order chi connectivity index (χ0) is 34.3. The molecule has 2 aromatic heterocycles. The number of amides is 2. The third-order valence-corrected chi connectivity index (χ3v) is 8.86. The van der Waals surface area contributed by atoms with Gasteiger partial charge in [-0.3, -0.25) is 4.79 Å². The van der Waals surface area contributed by atoms with Crippen LogP contribution in [0.2, 0.25) is 0 Å². The highest BCUT2D eigenvalue weighted by Crippen LogP contribution is 2.52. The minimum atomic E-state index is -3.17. The number of nitrogens with one attached hydrogen (secondary N) is 3. The summed E-state index contributed by atoms with van der Waals surface area (Å²) in [5.74, 6) is -2.20. The Hall–Kier alpha value is -5.84. The van der Waals surface area contributed by atoms with Crippen molar-refractivity contribution in [3.05, 3.63) is 119 Å². The highest BCUT2D eigenvalue weighted by Gasteiger charge is 2.44. The molecule has 0 unspecified atom stereocenters. The lowest BCUT2D eigenvalue weighted by Crippen LogP contribution is -2.43. The first-order valence-corrected chi connectivity index (χ1v) is 16.0. The lowest BCUT2D eigenvalue weighted by atomic mass is 9.98. The van der Waals surface area contributed by atoms with E-state index in [4.69, 9.17) is 9.72 Å². The maximum Gasteiger partial charge on any atom is 0.407 e. The van der Waals surface area contributed by atoms with Gasteiger partial charge >= 0.3 is 6.09 Å². The summed E-state index contributed by atoms with van der Waals surface area (Å²) < 4.78 is 36.8. The van der Waals surface area contributed by atoms with E-state index in [1.807, 2.05) is 50.2 Å². The number of carbonyl (C=O) groups excluding carboxylic acids is 2. The van der Waals surface area contributed by atoms with Gasteiger partial charge in [0.25, 0.3) is 5.92 Å². The molecular formula is C38H34F2N6O3. The van der Waals surface area contributed by atoms with Crippen LogP contribution >= 0.6 is 0 Å². The number of methoxy groups -OCH3 is 1. The standard InChI is InChI=1S/C38H34F2N6O3/c1-4-16-46(36(47)35(45-37(48)49-3)23-8-6-5-7-9-23)21-34-43-31-15-12-25(19-32(31)44-34)24-10-13-27-28-14-11-26(33-20-41-22(2)42-33)18-30(28)38(39,40)29(27)17-24/h5-15,17-20,35H,4,16,21H2,1-3H3,(H,41,42)(H,43,44)(H,45,48)/t35-/m1/s1. The van der Waals surface area contributed by atoms with Gasteiger partial charge in [0, 0.05) is 23.2 Å². The van der Waals surface area contributed by atoms with Crippen LogP contribution in [0.1, 0.15) is 47.7 Å². The number of fused-ring (bicyclic) bond motifs is 4. The summed E-state index contributed by atoms with van der Waals surface area (Å²) in [4.78, 5) is 43.0. The summed E-state index contributed by atoms with van der Waals surface area (Å²) in [5.41, 5.74) is 5.72. The number of nitrogens with zero attached hydrogens (tertiary/aromatic N) is 3. The van der Waals surface area contributed by atoms with Crippen LogP contribution in [0.15, 0.2) is 91.1 Å². The molecular weight excluding hydrogens is 626 g/mol. The van der Waals surface area contributed by atoms with Gasteiger partial charge < -0.3 is 24.9 Å². The number of aryl methyl sites for hydroxylation is 1. The fourth-order valence-electron chi connectivity index (χ4n) is 6.46. The number of rotatable bonds is 9. The zero-order valence-electron chi connectivity index (χ0n) is 27.2. The molecule has 3 N–H and O–H groups in total. The Morgan fingerprint density at radius 1 is 0.918 bits per heavy atom. The van der Waals surface area contributed by atoms with Crippen molar-refractivity contribution >= 4 is 23.0 Å². The quantitative estimate of drug-likeness (QED) is 0.146. The number of carbonyl (C=O) groups is 2. The predicted molar refractivity (Wildman–Crippen MR) is 183 cm³/mol. The first-order chi connectivity index (χ1) is 23.7. The van der Waals surface area contributed by atoms with Gasteiger partial charge in [-0.25, -0.2) is 14.8 Å². The molecule has 7 rings (SSSR count). The van der Waals surface area contributed by atoms with Crippen molar-refractivity contribution in [1.29, 1.82) is 0 Å². The average Bonchev–Trinajstić information content (AvgIpc) is 3.80. The highest BCUT2D eigenvalue weighted by atomic mass is 19.3. The third kappa shape index (κ3) is 5.92. The second kappa shape index (κ2) is 12.6. The molecule has 0 aliphatic heterocycles. The molecule has 2 heterocycles. The smallest absolute Gasteiger partial charge is 0.407 e. The maximum atomic E-state index is 16.0. The molecule has 1 atom stereocenters. The number of imidazole rings is 2. The Morgan fingerprint density at radius 3 is 2.27 bits per heavy atom. The lowest BCUT2D eigenvalue weighted by molar-refractivity contribution is -0.134. The van der Waals surface area contributed by atoms with Gasteiger partial charge in [0.1, 0.15) is 17.7 Å². The van der Waals surface area contributed by atoms with E-state index in [1.54, 1.807) is 59.6 Å². The van der Waals surface area contributed by atoms with Crippen LogP contribution in [0.5, 0.6) is 0 Å². The zero-order valence-corrected chi connectivity index (χ0v) is 27.2. The van der Waals surface area contributed by atoms with E-state index in [0.717, 1.165) is 5.56 Å². The van der Waals surface area contributed by atoms with Crippen LogP contribution in [0.25, 0.3) is 44.5 Å². The van der Waals surface area contributed by atoms with Crippen LogP contribution in [0.3, 0.4) is 0 Å². The van der Waals surface area contributed by atoms with E-state index < -0.39 is 18.1 Å². The molecule has 6 aromatic rings. The molecule has 49 heavy (non-hydrogen) atoms. The van der Waals surface area contributed by atoms with E-state index >= 15 is 8.78 Å². The van der Waals surface area contributed by atoms with Crippen LogP contribution in [-0.4, -0.2) is 50.5 Å². The molecule has 0 bridgehead atoms. The molecule has 248 valence electrons. The monoisotopic (exact) mass is 660 g/mol. The van der Waals surface area contributed by atoms with Crippen LogP contribution in [-0.2, 0) is 22.0 Å². The minimum Gasteiger partial charge on any atom is -0.453 e. The summed E-state index contributed by atoms with van der Waals surface area (Å²) >= 11 is 0. The summed E-state index contributed by atoms with van der Waals surface area (Å²) in [6, 6.07) is 23.9. The molecule has 2 amide bonds. The molecule has 0 saturated heterocycles. The van der Waals surface area contributed by atoms with Crippen LogP contribution < -0.4 is 5.32 Å².